The van der Waals surface area contributed by atoms with E-state index in [1.807, 2.05) is 0 Å². The Morgan fingerprint density at radius 1 is 1.20 bits per heavy atom. The van der Waals surface area contributed by atoms with Gasteiger partial charge in [0, 0.05) is 0 Å². The number of alkyl carbamates (subject to hydrolysis) is 1. The lowest BCUT2D eigenvalue weighted by atomic mass is 10.2. The van der Waals surface area contributed by atoms with E-state index in [4.69, 9.17) is 9.84 Å². The first kappa shape index (κ1) is 18.2. The molecule has 0 aliphatic heterocycles. The van der Waals surface area contributed by atoms with Gasteiger partial charge in [0.05, 0.1) is 13.7 Å². The molecule has 2 atom stereocenters. The smallest absolute Gasteiger partial charge is 0.408 e. The van der Waals surface area contributed by atoms with Crippen molar-refractivity contribution in [3.8, 4) is 0 Å². The Kier molecular flexibility index (Phi) is 6.98. The molecule has 116 valence electrons. The van der Waals surface area contributed by atoms with Crippen LogP contribution in [0.1, 0.15) is 27.7 Å². The number of aliphatic hydroxyl groups excluding tert-OH is 1. The zero-order valence-electron chi connectivity index (χ0n) is 12.4. The standard InChI is InChI=1S/C12H22N2O6/c1-7(13-11(18)20-12(2,3)4)9(16)14-8(6-15)10(17)19-5/h7-8,15H,6H2,1-5H3,(H,13,18)(H,14,16)/t7-,8-/m0/s1. The van der Waals surface area contributed by atoms with Crippen molar-refractivity contribution in [3.05, 3.63) is 0 Å². The van der Waals surface area contributed by atoms with Crippen LogP contribution in [-0.4, -0.2) is 54.5 Å². The van der Waals surface area contributed by atoms with E-state index in [9.17, 15) is 14.4 Å². The third-order valence-corrected chi connectivity index (χ3v) is 2.11. The highest BCUT2D eigenvalue weighted by Gasteiger charge is 2.25. The number of aliphatic hydroxyl groups is 1. The van der Waals surface area contributed by atoms with Gasteiger partial charge >= 0.3 is 12.1 Å². The molecule has 0 aromatic rings. The summed E-state index contributed by atoms with van der Waals surface area (Å²) in [7, 11) is 1.14. The number of methoxy groups -OCH3 is 1. The largest absolute Gasteiger partial charge is 0.467 e. The maximum Gasteiger partial charge on any atom is 0.408 e. The average Bonchev–Trinajstić information content (AvgIpc) is 2.31. The van der Waals surface area contributed by atoms with Crippen LogP contribution in [0.2, 0.25) is 0 Å². The summed E-state index contributed by atoms with van der Waals surface area (Å²) in [5, 5.41) is 13.5. The van der Waals surface area contributed by atoms with Crippen LogP contribution in [0.3, 0.4) is 0 Å². The van der Waals surface area contributed by atoms with E-state index < -0.39 is 42.3 Å². The number of ether oxygens (including phenoxy) is 2. The Labute approximate surface area is 117 Å². The quantitative estimate of drug-likeness (QED) is 0.591. The fourth-order valence-electron chi connectivity index (χ4n) is 1.17. The summed E-state index contributed by atoms with van der Waals surface area (Å²) in [5.41, 5.74) is -0.681. The van der Waals surface area contributed by atoms with Crippen LogP contribution >= 0.6 is 0 Å². The molecule has 0 aromatic heterocycles. The van der Waals surface area contributed by atoms with Gasteiger partial charge in [0.2, 0.25) is 5.91 Å². The molecule has 0 bridgehead atoms. The molecular weight excluding hydrogens is 268 g/mol. The van der Waals surface area contributed by atoms with Crippen molar-refractivity contribution in [1.29, 1.82) is 0 Å². The molecule has 3 N–H and O–H groups in total. The van der Waals surface area contributed by atoms with E-state index in [1.54, 1.807) is 20.8 Å². The zero-order valence-corrected chi connectivity index (χ0v) is 12.4. The fourth-order valence-corrected chi connectivity index (χ4v) is 1.17. The molecule has 0 saturated heterocycles. The van der Waals surface area contributed by atoms with Crippen LogP contribution in [0.4, 0.5) is 4.79 Å². The summed E-state index contributed by atoms with van der Waals surface area (Å²) in [4.78, 5) is 34.4. The van der Waals surface area contributed by atoms with E-state index >= 15 is 0 Å². The molecule has 0 aliphatic carbocycles. The van der Waals surface area contributed by atoms with Gasteiger partial charge in [-0.3, -0.25) is 4.79 Å². The minimum atomic E-state index is -1.17. The van der Waals surface area contributed by atoms with Gasteiger partial charge in [-0.2, -0.15) is 0 Å². The summed E-state index contributed by atoms with van der Waals surface area (Å²) in [6.07, 6.45) is -0.751. The third kappa shape index (κ3) is 6.93. The predicted octanol–water partition coefficient (Wildman–Crippen LogP) is -0.450. The molecule has 0 spiro atoms. The Hall–Kier alpha value is -1.83. The van der Waals surface area contributed by atoms with Crippen LogP contribution in [0.25, 0.3) is 0 Å². The number of carbonyl (C=O) groups excluding carboxylic acids is 3. The van der Waals surface area contributed by atoms with Crippen molar-refractivity contribution in [2.24, 2.45) is 0 Å². The Bertz CT molecular complexity index is 363. The van der Waals surface area contributed by atoms with Crippen LogP contribution in [-0.2, 0) is 19.1 Å². The number of hydrogen-bond donors (Lipinski definition) is 3. The van der Waals surface area contributed by atoms with Gasteiger partial charge in [-0.1, -0.05) is 0 Å². The van der Waals surface area contributed by atoms with Crippen LogP contribution < -0.4 is 10.6 Å². The predicted molar refractivity (Wildman–Crippen MR) is 69.9 cm³/mol. The summed E-state index contributed by atoms with van der Waals surface area (Å²) in [6.45, 7) is 5.89. The number of rotatable bonds is 5. The van der Waals surface area contributed by atoms with E-state index in [0.717, 1.165) is 7.11 Å². The minimum Gasteiger partial charge on any atom is -0.467 e. The zero-order chi connectivity index (χ0) is 15.9. The molecule has 0 heterocycles. The van der Waals surface area contributed by atoms with Crippen molar-refractivity contribution < 1.29 is 29.0 Å². The molecule has 20 heavy (non-hydrogen) atoms. The number of hydrogen-bond acceptors (Lipinski definition) is 6. The van der Waals surface area contributed by atoms with Crippen molar-refractivity contribution in [2.75, 3.05) is 13.7 Å². The minimum absolute atomic E-state index is 0.600. The van der Waals surface area contributed by atoms with Gasteiger partial charge in [0.25, 0.3) is 0 Å². The molecule has 0 unspecified atom stereocenters. The number of amides is 2. The second kappa shape index (κ2) is 7.68. The topological polar surface area (TPSA) is 114 Å². The first-order valence-electron chi connectivity index (χ1n) is 6.09. The van der Waals surface area contributed by atoms with E-state index in [-0.39, 0.29) is 0 Å². The molecule has 0 fully saturated rings. The van der Waals surface area contributed by atoms with Crippen molar-refractivity contribution in [2.45, 2.75) is 45.4 Å². The lowest BCUT2D eigenvalue weighted by Crippen LogP contribution is -2.52. The molecule has 2 amide bonds. The second-order valence-corrected chi connectivity index (χ2v) is 5.13. The maximum absolute atomic E-state index is 11.7. The molecule has 0 saturated carbocycles. The van der Waals surface area contributed by atoms with Gasteiger partial charge in [-0.15, -0.1) is 0 Å². The highest BCUT2D eigenvalue weighted by Crippen LogP contribution is 2.06. The summed E-state index contributed by atoms with van der Waals surface area (Å²) in [5.74, 6) is -1.41. The normalized spacial score (nSPS) is 13.9. The summed E-state index contributed by atoms with van der Waals surface area (Å²) >= 11 is 0. The molecule has 8 heteroatoms. The van der Waals surface area contributed by atoms with Crippen LogP contribution in [0, 0.1) is 0 Å². The average molecular weight is 290 g/mol. The number of nitrogens with one attached hydrogen (secondary N) is 2. The first-order chi connectivity index (χ1) is 9.10. The highest BCUT2D eigenvalue weighted by atomic mass is 16.6. The number of carbonyl (C=O) groups is 3. The van der Waals surface area contributed by atoms with Gasteiger partial charge in [-0.05, 0) is 27.7 Å². The Balaban J connectivity index is 4.41. The van der Waals surface area contributed by atoms with Gasteiger partial charge < -0.3 is 25.2 Å². The molecule has 8 nitrogen and oxygen atoms in total. The van der Waals surface area contributed by atoms with E-state index in [0.29, 0.717) is 0 Å². The monoisotopic (exact) mass is 290 g/mol. The molecule has 0 aliphatic rings. The second-order valence-electron chi connectivity index (χ2n) is 5.13. The van der Waals surface area contributed by atoms with Crippen molar-refractivity contribution >= 4 is 18.0 Å². The lowest BCUT2D eigenvalue weighted by Gasteiger charge is -2.22. The van der Waals surface area contributed by atoms with Gasteiger partial charge in [0.15, 0.2) is 6.04 Å². The molecule has 0 rings (SSSR count). The lowest BCUT2D eigenvalue weighted by molar-refractivity contribution is -0.146. The maximum atomic E-state index is 11.7. The molecule has 0 radical (unpaired) electrons. The fraction of sp³-hybridized carbons (Fsp3) is 0.750. The summed E-state index contributed by atoms with van der Waals surface area (Å²) in [6, 6.07) is -2.10. The first-order valence-corrected chi connectivity index (χ1v) is 6.09. The van der Waals surface area contributed by atoms with Crippen molar-refractivity contribution in [3.63, 3.8) is 0 Å². The number of esters is 1. The summed E-state index contributed by atoms with van der Waals surface area (Å²) < 4.78 is 9.39. The highest BCUT2D eigenvalue weighted by molar-refractivity contribution is 5.89. The molecule has 0 aromatic carbocycles. The SMILES string of the molecule is COC(=O)[C@H](CO)NC(=O)[C@H](C)NC(=O)OC(C)(C)C. The van der Waals surface area contributed by atoms with Gasteiger partial charge in [0.1, 0.15) is 11.6 Å². The van der Waals surface area contributed by atoms with Crippen LogP contribution in [0.15, 0.2) is 0 Å². The van der Waals surface area contributed by atoms with Crippen LogP contribution in [0.5, 0.6) is 0 Å². The van der Waals surface area contributed by atoms with Gasteiger partial charge in [-0.25, -0.2) is 9.59 Å². The molecular formula is C12H22N2O6. The Morgan fingerprint density at radius 2 is 1.75 bits per heavy atom. The van der Waals surface area contributed by atoms with Crippen molar-refractivity contribution in [1.82, 2.24) is 10.6 Å². The van der Waals surface area contributed by atoms with E-state index in [2.05, 4.69) is 15.4 Å². The third-order valence-electron chi connectivity index (χ3n) is 2.11. The Morgan fingerprint density at radius 3 is 2.15 bits per heavy atom. The van der Waals surface area contributed by atoms with E-state index in [1.165, 1.54) is 6.92 Å².